The van der Waals surface area contributed by atoms with Gasteiger partial charge in [0.2, 0.25) is 6.29 Å². The van der Waals surface area contributed by atoms with Crippen LogP contribution in [-0.4, -0.2) is 42.8 Å². The third-order valence-corrected chi connectivity index (χ3v) is 6.33. The lowest BCUT2D eigenvalue weighted by molar-refractivity contribution is -0.253. The maximum absolute atomic E-state index is 11.4. The lowest BCUT2D eigenvalue weighted by Crippen LogP contribution is -2.40. The van der Waals surface area contributed by atoms with Gasteiger partial charge in [-0.3, -0.25) is 4.90 Å². The molecule has 0 aliphatic rings. The summed E-state index contributed by atoms with van der Waals surface area (Å²) in [7, 11) is 0. The number of halogens is 1. The van der Waals surface area contributed by atoms with E-state index in [9.17, 15) is 4.79 Å². The molecule has 3 atom stereocenters. The van der Waals surface area contributed by atoms with E-state index < -0.39 is 18.5 Å². The number of hydrogen-bond donors (Lipinski definition) is 0. The average molecular weight is 520 g/mol. The summed E-state index contributed by atoms with van der Waals surface area (Å²) in [6, 6.07) is 0. The highest BCUT2D eigenvalue weighted by Gasteiger charge is 2.19. The molecule has 0 amide bonds. The van der Waals surface area contributed by atoms with Crippen LogP contribution in [0.5, 0.6) is 0 Å². The van der Waals surface area contributed by atoms with Gasteiger partial charge in [0.25, 0.3) is 0 Å². The summed E-state index contributed by atoms with van der Waals surface area (Å²) in [4.78, 5) is 13.8. The van der Waals surface area contributed by atoms with E-state index in [4.69, 9.17) is 14.2 Å². The molecule has 210 valence electrons. The molecular weight excluding hydrogens is 462 g/mol. The van der Waals surface area contributed by atoms with Crippen molar-refractivity contribution >= 4 is 18.4 Å². The van der Waals surface area contributed by atoms with E-state index in [0.29, 0.717) is 0 Å². The molecule has 0 aromatic heterocycles. The van der Waals surface area contributed by atoms with Crippen LogP contribution < -0.4 is 0 Å². The molecule has 3 unspecified atom stereocenters. The lowest BCUT2D eigenvalue weighted by Gasteiger charge is -2.31. The summed E-state index contributed by atoms with van der Waals surface area (Å²) in [5.74, 6) is -0.487. The first-order chi connectivity index (χ1) is 16.4. The highest BCUT2D eigenvalue weighted by atomic mass is 35.5. The van der Waals surface area contributed by atoms with E-state index in [1.54, 1.807) is 6.92 Å². The van der Waals surface area contributed by atoms with Crippen molar-refractivity contribution in [2.24, 2.45) is 0 Å². The minimum absolute atomic E-state index is 0. The van der Waals surface area contributed by atoms with Gasteiger partial charge in [-0.2, -0.15) is 0 Å². The van der Waals surface area contributed by atoms with Crippen molar-refractivity contribution in [3.05, 3.63) is 12.7 Å². The highest BCUT2D eigenvalue weighted by Crippen LogP contribution is 2.15. The fourth-order valence-corrected chi connectivity index (χ4v) is 4.28. The zero-order valence-corrected chi connectivity index (χ0v) is 24.5. The third kappa shape index (κ3) is 23.5. The number of nitrogens with zero attached hydrogens (tertiary/aromatic N) is 1. The molecule has 0 saturated heterocycles. The maximum atomic E-state index is 11.4. The van der Waals surface area contributed by atoms with Crippen LogP contribution in [-0.2, 0) is 19.0 Å². The fourth-order valence-electron chi connectivity index (χ4n) is 4.28. The van der Waals surface area contributed by atoms with Crippen molar-refractivity contribution in [1.29, 1.82) is 0 Å². The van der Waals surface area contributed by atoms with Crippen LogP contribution in [0.2, 0.25) is 0 Å². The van der Waals surface area contributed by atoms with Crippen molar-refractivity contribution < 1.29 is 19.0 Å². The zero-order chi connectivity index (χ0) is 25.4. The molecule has 6 heteroatoms. The van der Waals surface area contributed by atoms with Gasteiger partial charge in [-0.15, -0.1) is 12.4 Å². The standard InChI is InChI=1S/C29H57NO4.ClH/c1-7-10-12-14-16-18-20-22-24-30(25-23-21-19-17-15-13-11-8-2)26(4)32-27(5)33-28(6)34-29(31)9-3;/h9,26-28H,3,7-8,10-25H2,1-2,4-6H3;1H. The molecule has 0 N–H and O–H groups in total. The molecule has 0 saturated carbocycles. The van der Waals surface area contributed by atoms with Crippen LogP contribution in [0.15, 0.2) is 12.7 Å². The van der Waals surface area contributed by atoms with Crippen LogP contribution in [0.1, 0.15) is 137 Å². The van der Waals surface area contributed by atoms with Crippen LogP contribution in [0.25, 0.3) is 0 Å². The normalized spacial score (nSPS) is 13.8. The van der Waals surface area contributed by atoms with Gasteiger partial charge in [-0.1, -0.05) is 110 Å². The lowest BCUT2D eigenvalue weighted by atomic mass is 10.1. The van der Waals surface area contributed by atoms with Crippen molar-refractivity contribution in [2.75, 3.05) is 13.1 Å². The van der Waals surface area contributed by atoms with Gasteiger partial charge in [0.05, 0.1) is 0 Å². The maximum Gasteiger partial charge on any atom is 0.332 e. The summed E-state index contributed by atoms with van der Waals surface area (Å²) in [6.45, 7) is 15.7. The van der Waals surface area contributed by atoms with Crippen LogP contribution >= 0.6 is 12.4 Å². The second-order valence-corrected chi connectivity index (χ2v) is 9.63. The Bertz CT molecular complexity index is 458. The number of carbonyl (C=O) groups excluding carboxylic acids is 1. The molecule has 0 fully saturated rings. The van der Waals surface area contributed by atoms with Gasteiger partial charge in [0, 0.05) is 19.2 Å². The Labute approximate surface area is 224 Å². The predicted molar refractivity (Wildman–Crippen MR) is 151 cm³/mol. The largest absolute Gasteiger partial charge is 0.433 e. The smallest absolute Gasteiger partial charge is 0.332 e. The van der Waals surface area contributed by atoms with E-state index in [2.05, 4.69) is 32.3 Å². The molecular formula is C29H58ClNO4. The van der Waals surface area contributed by atoms with Crippen LogP contribution in [0.3, 0.4) is 0 Å². The Kier molecular flexibility index (Phi) is 27.6. The second kappa shape index (κ2) is 26.4. The topological polar surface area (TPSA) is 48.0 Å². The predicted octanol–water partition coefficient (Wildman–Crippen LogP) is 8.79. The van der Waals surface area contributed by atoms with Gasteiger partial charge in [0.1, 0.15) is 6.23 Å². The Morgan fingerprint density at radius 1 is 0.686 bits per heavy atom. The van der Waals surface area contributed by atoms with Crippen LogP contribution in [0, 0.1) is 0 Å². The molecule has 5 nitrogen and oxygen atoms in total. The number of unbranched alkanes of at least 4 members (excludes halogenated alkanes) is 14. The number of esters is 1. The summed E-state index contributed by atoms with van der Waals surface area (Å²) in [5, 5.41) is 0. The number of carbonyl (C=O) groups is 1. The molecule has 0 bridgehead atoms. The quantitative estimate of drug-likeness (QED) is 0.0521. The number of rotatable bonds is 25. The van der Waals surface area contributed by atoms with Gasteiger partial charge >= 0.3 is 5.97 Å². The molecule has 0 rings (SSSR count). The van der Waals surface area contributed by atoms with Gasteiger partial charge in [-0.05, 0) is 33.6 Å². The molecule has 0 aliphatic carbocycles. The van der Waals surface area contributed by atoms with Crippen molar-refractivity contribution in [3.63, 3.8) is 0 Å². The summed E-state index contributed by atoms with van der Waals surface area (Å²) >= 11 is 0. The molecule has 0 aliphatic heterocycles. The van der Waals surface area contributed by atoms with E-state index in [1.165, 1.54) is 103 Å². The number of hydrogen-bond acceptors (Lipinski definition) is 5. The van der Waals surface area contributed by atoms with Gasteiger partial charge < -0.3 is 14.2 Å². The van der Waals surface area contributed by atoms with E-state index in [-0.39, 0.29) is 18.6 Å². The minimum Gasteiger partial charge on any atom is -0.433 e. The average Bonchev–Trinajstić information content (AvgIpc) is 2.80. The summed E-state index contributed by atoms with van der Waals surface area (Å²) in [5.41, 5.74) is 0. The van der Waals surface area contributed by atoms with Crippen molar-refractivity contribution in [3.8, 4) is 0 Å². The SMILES string of the molecule is C=CC(=O)OC(C)OC(C)OC(C)N(CCCCCCCCCC)CCCCCCCCCC.Cl. The highest BCUT2D eigenvalue weighted by molar-refractivity contribution is 5.85. The molecule has 0 aromatic carbocycles. The molecule has 0 radical (unpaired) electrons. The van der Waals surface area contributed by atoms with Gasteiger partial charge in [-0.25, -0.2) is 4.79 Å². The molecule has 35 heavy (non-hydrogen) atoms. The molecule has 0 heterocycles. The first-order valence-electron chi connectivity index (χ1n) is 14.3. The minimum atomic E-state index is -0.665. The Balaban J connectivity index is 0. The number of ether oxygens (including phenoxy) is 3. The summed E-state index contributed by atoms with van der Waals surface area (Å²) < 4.78 is 16.9. The van der Waals surface area contributed by atoms with Crippen molar-refractivity contribution in [2.45, 2.75) is 156 Å². The second-order valence-electron chi connectivity index (χ2n) is 9.63. The third-order valence-electron chi connectivity index (χ3n) is 6.33. The monoisotopic (exact) mass is 519 g/mol. The van der Waals surface area contributed by atoms with Crippen LogP contribution in [0.4, 0.5) is 0 Å². The Hall–Kier alpha value is -0.620. The van der Waals surface area contributed by atoms with E-state index >= 15 is 0 Å². The first-order valence-corrected chi connectivity index (χ1v) is 14.3. The van der Waals surface area contributed by atoms with Gasteiger partial charge in [0.15, 0.2) is 6.29 Å². The van der Waals surface area contributed by atoms with Crippen molar-refractivity contribution in [1.82, 2.24) is 4.90 Å². The molecule has 0 spiro atoms. The Morgan fingerprint density at radius 2 is 1.09 bits per heavy atom. The fraction of sp³-hybridized carbons (Fsp3) is 0.897. The Morgan fingerprint density at radius 3 is 1.49 bits per heavy atom. The van der Waals surface area contributed by atoms with E-state index in [0.717, 1.165) is 19.2 Å². The zero-order valence-electron chi connectivity index (χ0n) is 23.7. The summed E-state index contributed by atoms with van der Waals surface area (Å²) in [6.07, 6.45) is 21.2. The molecule has 0 aromatic rings. The van der Waals surface area contributed by atoms with E-state index in [1.807, 2.05) is 6.92 Å². The first kappa shape index (κ1) is 36.5.